The molecule has 6 heteroatoms. The van der Waals surface area contributed by atoms with Crippen LogP contribution in [0.5, 0.6) is 0 Å². The molecule has 106 valence electrons. The molecule has 3 aromatic rings. The van der Waals surface area contributed by atoms with Crippen LogP contribution in [-0.2, 0) is 11.2 Å². The zero-order chi connectivity index (χ0) is 15.0. The SMILES string of the molecule is NC(=O)Cc1c(-c2ccc(Cl)cc2)nc2ccc(Cl)cn12. The predicted molar refractivity (Wildman–Crippen MR) is 83.5 cm³/mol. The summed E-state index contributed by atoms with van der Waals surface area (Å²) in [5.41, 5.74) is 8.34. The number of rotatable bonds is 3. The first kappa shape index (κ1) is 13.9. The Balaban J connectivity index is 2.25. The number of pyridine rings is 1. The Hall–Kier alpha value is -2.04. The van der Waals surface area contributed by atoms with Crippen molar-refractivity contribution >= 4 is 34.8 Å². The molecular formula is C15H11Cl2N3O. The summed E-state index contributed by atoms with van der Waals surface area (Å²) in [4.78, 5) is 15.9. The Morgan fingerprint density at radius 3 is 2.43 bits per heavy atom. The molecule has 0 atom stereocenters. The average Bonchev–Trinajstić information content (AvgIpc) is 2.77. The number of amides is 1. The first-order valence-electron chi connectivity index (χ1n) is 6.25. The van der Waals surface area contributed by atoms with Crippen molar-refractivity contribution in [3.63, 3.8) is 0 Å². The monoisotopic (exact) mass is 319 g/mol. The van der Waals surface area contributed by atoms with Crippen molar-refractivity contribution < 1.29 is 4.79 Å². The number of halogens is 2. The number of imidazole rings is 1. The molecule has 0 aliphatic rings. The number of carbonyl (C=O) groups excluding carboxylic acids is 1. The van der Waals surface area contributed by atoms with Crippen LogP contribution in [0.15, 0.2) is 42.6 Å². The summed E-state index contributed by atoms with van der Waals surface area (Å²) in [5.74, 6) is -0.424. The zero-order valence-corrected chi connectivity index (χ0v) is 12.4. The predicted octanol–water partition coefficient (Wildman–Crippen LogP) is 3.34. The van der Waals surface area contributed by atoms with E-state index in [9.17, 15) is 4.79 Å². The fourth-order valence-corrected chi connectivity index (χ4v) is 2.53. The van der Waals surface area contributed by atoms with Gasteiger partial charge in [0.1, 0.15) is 5.65 Å². The second-order valence-corrected chi connectivity index (χ2v) is 5.51. The Labute approximate surface area is 131 Å². The van der Waals surface area contributed by atoms with Gasteiger partial charge in [-0.3, -0.25) is 4.79 Å². The van der Waals surface area contributed by atoms with Gasteiger partial charge in [0.25, 0.3) is 0 Å². The maximum Gasteiger partial charge on any atom is 0.223 e. The van der Waals surface area contributed by atoms with Crippen molar-refractivity contribution in [3.05, 3.63) is 58.3 Å². The van der Waals surface area contributed by atoms with E-state index in [4.69, 9.17) is 28.9 Å². The molecule has 2 aromatic heterocycles. The molecule has 0 unspecified atom stereocenters. The quantitative estimate of drug-likeness (QED) is 0.804. The standard InChI is InChI=1S/C15H11Cl2N3O/c16-10-3-1-9(2-4-10)15-12(7-13(18)21)20-8-11(17)5-6-14(20)19-15/h1-6,8H,7H2,(H2,18,21). The van der Waals surface area contributed by atoms with E-state index in [-0.39, 0.29) is 6.42 Å². The van der Waals surface area contributed by atoms with Gasteiger partial charge in [-0.25, -0.2) is 4.98 Å². The molecule has 1 aromatic carbocycles. The van der Waals surface area contributed by atoms with E-state index in [0.717, 1.165) is 5.56 Å². The van der Waals surface area contributed by atoms with Gasteiger partial charge < -0.3 is 10.1 Å². The van der Waals surface area contributed by atoms with Crippen LogP contribution in [0.2, 0.25) is 10.0 Å². The third-order valence-electron chi connectivity index (χ3n) is 3.14. The minimum Gasteiger partial charge on any atom is -0.369 e. The molecule has 0 saturated carbocycles. The van der Waals surface area contributed by atoms with Gasteiger partial charge in [0.2, 0.25) is 5.91 Å². The molecule has 3 rings (SSSR count). The first-order chi connectivity index (χ1) is 10.0. The van der Waals surface area contributed by atoms with Crippen molar-refractivity contribution in [2.75, 3.05) is 0 Å². The second-order valence-electron chi connectivity index (χ2n) is 4.63. The van der Waals surface area contributed by atoms with Gasteiger partial charge in [0.05, 0.1) is 22.8 Å². The van der Waals surface area contributed by atoms with E-state index in [1.54, 1.807) is 34.9 Å². The van der Waals surface area contributed by atoms with Crippen molar-refractivity contribution in [2.24, 2.45) is 5.73 Å². The number of aromatic nitrogens is 2. The van der Waals surface area contributed by atoms with Crippen LogP contribution >= 0.6 is 23.2 Å². The molecule has 2 N–H and O–H groups in total. The van der Waals surface area contributed by atoms with E-state index < -0.39 is 5.91 Å². The maximum atomic E-state index is 11.4. The van der Waals surface area contributed by atoms with Gasteiger partial charge in [0, 0.05) is 16.8 Å². The highest BCUT2D eigenvalue weighted by Gasteiger charge is 2.16. The van der Waals surface area contributed by atoms with Crippen LogP contribution in [0.4, 0.5) is 0 Å². The van der Waals surface area contributed by atoms with Gasteiger partial charge in [-0.1, -0.05) is 35.3 Å². The minimum absolute atomic E-state index is 0.0828. The zero-order valence-electron chi connectivity index (χ0n) is 10.9. The molecule has 0 aliphatic heterocycles. The average molecular weight is 320 g/mol. The Kier molecular flexibility index (Phi) is 3.57. The van der Waals surface area contributed by atoms with Crippen LogP contribution in [-0.4, -0.2) is 15.3 Å². The molecule has 4 nitrogen and oxygen atoms in total. The molecule has 21 heavy (non-hydrogen) atoms. The van der Waals surface area contributed by atoms with Gasteiger partial charge in [-0.05, 0) is 24.3 Å². The lowest BCUT2D eigenvalue weighted by atomic mass is 10.1. The number of carbonyl (C=O) groups is 1. The largest absolute Gasteiger partial charge is 0.369 e. The fourth-order valence-electron chi connectivity index (χ4n) is 2.24. The highest BCUT2D eigenvalue weighted by Crippen LogP contribution is 2.27. The van der Waals surface area contributed by atoms with E-state index in [1.165, 1.54) is 0 Å². The highest BCUT2D eigenvalue weighted by molar-refractivity contribution is 6.30. The van der Waals surface area contributed by atoms with Gasteiger partial charge in [-0.2, -0.15) is 0 Å². The third kappa shape index (κ3) is 2.73. The number of fused-ring (bicyclic) bond motifs is 1. The van der Waals surface area contributed by atoms with Crippen molar-refractivity contribution in [1.29, 1.82) is 0 Å². The summed E-state index contributed by atoms with van der Waals surface area (Å²) in [5, 5.41) is 1.20. The molecule has 0 spiro atoms. The van der Waals surface area contributed by atoms with Crippen LogP contribution < -0.4 is 5.73 Å². The number of benzene rings is 1. The molecule has 1 amide bonds. The molecule has 0 radical (unpaired) electrons. The first-order valence-corrected chi connectivity index (χ1v) is 7.01. The lowest BCUT2D eigenvalue weighted by Crippen LogP contribution is -2.15. The van der Waals surface area contributed by atoms with Crippen LogP contribution in [0.3, 0.4) is 0 Å². The minimum atomic E-state index is -0.424. The summed E-state index contributed by atoms with van der Waals surface area (Å²) >= 11 is 11.9. The number of hydrogen-bond donors (Lipinski definition) is 1. The molecular weight excluding hydrogens is 309 g/mol. The number of primary amides is 1. The van der Waals surface area contributed by atoms with Gasteiger partial charge in [0.15, 0.2) is 0 Å². The van der Waals surface area contributed by atoms with Gasteiger partial charge in [-0.15, -0.1) is 0 Å². The Morgan fingerprint density at radius 2 is 1.76 bits per heavy atom. The number of hydrogen-bond acceptors (Lipinski definition) is 2. The highest BCUT2D eigenvalue weighted by atomic mass is 35.5. The summed E-state index contributed by atoms with van der Waals surface area (Å²) in [7, 11) is 0. The normalized spacial score (nSPS) is 11.0. The van der Waals surface area contributed by atoms with Crippen LogP contribution in [0.25, 0.3) is 16.9 Å². The maximum absolute atomic E-state index is 11.4. The van der Waals surface area contributed by atoms with E-state index in [2.05, 4.69) is 4.98 Å². The molecule has 0 fully saturated rings. The molecule has 2 heterocycles. The fraction of sp³-hybridized carbons (Fsp3) is 0.0667. The van der Waals surface area contributed by atoms with E-state index in [0.29, 0.717) is 27.1 Å². The number of nitrogens with zero attached hydrogens (tertiary/aromatic N) is 2. The van der Waals surface area contributed by atoms with E-state index >= 15 is 0 Å². The summed E-state index contributed by atoms with van der Waals surface area (Å²) in [6.07, 6.45) is 1.81. The third-order valence-corrected chi connectivity index (χ3v) is 3.62. The second kappa shape index (κ2) is 5.39. The molecule has 0 bridgehead atoms. The van der Waals surface area contributed by atoms with Crippen LogP contribution in [0, 0.1) is 0 Å². The van der Waals surface area contributed by atoms with Crippen molar-refractivity contribution in [1.82, 2.24) is 9.38 Å². The van der Waals surface area contributed by atoms with Gasteiger partial charge >= 0.3 is 0 Å². The number of nitrogens with two attached hydrogens (primary N) is 1. The van der Waals surface area contributed by atoms with Crippen molar-refractivity contribution in [2.45, 2.75) is 6.42 Å². The van der Waals surface area contributed by atoms with E-state index in [1.807, 2.05) is 12.1 Å². The molecule has 0 saturated heterocycles. The smallest absolute Gasteiger partial charge is 0.223 e. The Bertz CT molecular complexity index is 825. The van der Waals surface area contributed by atoms with Crippen molar-refractivity contribution in [3.8, 4) is 11.3 Å². The summed E-state index contributed by atoms with van der Waals surface area (Å²) in [6, 6.07) is 10.8. The summed E-state index contributed by atoms with van der Waals surface area (Å²) in [6.45, 7) is 0. The molecule has 0 aliphatic carbocycles. The topological polar surface area (TPSA) is 60.4 Å². The summed E-state index contributed by atoms with van der Waals surface area (Å²) < 4.78 is 1.79. The lowest BCUT2D eigenvalue weighted by molar-refractivity contribution is -0.117. The Morgan fingerprint density at radius 1 is 1.10 bits per heavy atom. The lowest BCUT2D eigenvalue weighted by Gasteiger charge is -2.04. The van der Waals surface area contributed by atoms with Crippen LogP contribution in [0.1, 0.15) is 5.69 Å².